The van der Waals surface area contributed by atoms with Crippen LogP contribution in [0.4, 0.5) is 11.4 Å². The number of benzene rings is 1. The fraction of sp³-hybridized carbons (Fsp3) is 0.222. The third kappa shape index (κ3) is 1.72. The van der Waals surface area contributed by atoms with Crippen LogP contribution >= 0.6 is 0 Å². The highest BCUT2D eigenvalue weighted by Crippen LogP contribution is 2.27. The lowest BCUT2D eigenvalue weighted by Gasteiger charge is -2.12. The molecule has 4 heteroatoms. The average Bonchev–Trinajstić information content (AvgIpc) is 2.03. The second-order valence-electron chi connectivity index (χ2n) is 2.91. The van der Waals surface area contributed by atoms with Crippen molar-refractivity contribution in [3.05, 3.63) is 23.8 Å². The molecule has 0 saturated carbocycles. The maximum absolute atomic E-state index is 10.7. The number of aliphatic carboxylic acids is 1. The van der Waals surface area contributed by atoms with Crippen molar-refractivity contribution in [3.8, 4) is 0 Å². The Labute approximate surface area is 76.2 Å². The van der Waals surface area contributed by atoms with Gasteiger partial charge in [0.1, 0.15) is 0 Å². The number of carboxylic acid groups (broad SMARTS) is 1. The maximum atomic E-state index is 10.7. The molecule has 0 fully saturated rings. The lowest BCUT2D eigenvalue weighted by molar-refractivity contribution is -0.138. The van der Waals surface area contributed by atoms with Gasteiger partial charge >= 0.3 is 5.97 Å². The Hall–Kier alpha value is -1.71. The summed E-state index contributed by atoms with van der Waals surface area (Å²) < 4.78 is 0. The zero-order chi connectivity index (χ0) is 10.0. The van der Waals surface area contributed by atoms with Crippen LogP contribution in [0.25, 0.3) is 0 Å². The van der Waals surface area contributed by atoms with E-state index in [4.69, 9.17) is 16.6 Å². The molecule has 0 amide bonds. The van der Waals surface area contributed by atoms with Crippen molar-refractivity contribution in [2.24, 2.45) is 0 Å². The lowest BCUT2D eigenvalue weighted by atomic mass is 9.98. The molecule has 0 saturated heterocycles. The van der Waals surface area contributed by atoms with Gasteiger partial charge in [-0.05, 0) is 19.1 Å². The zero-order valence-electron chi connectivity index (χ0n) is 7.32. The van der Waals surface area contributed by atoms with Crippen molar-refractivity contribution in [3.63, 3.8) is 0 Å². The van der Waals surface area contributed by atoms with E-state index in [1.807, 2.05) is 0 Å². The van der Waals surface area contributed by atoms with E-state index in [1.165, 1.54) is 0 Å². The van der Waals surface area contributed by atoms with Crippen LogP contribution < -0.4 is 11.5 Å². The number of hydrogen-bond donors (Lipinski definition) is 3. The normalized spacial score (nSPS) is 12.4. The minimum atomic E-state index is -0.926. The number of nitrogen functional groups attached to an aromatic ring is 2. The topological polar surface area (TPSA) is 89.3 Å². The van der Waals surface area contributed by atoms with E-state index >= 15 is 0 Å². The van der Waals surface area contributed by atoms with Gasteiger partial charge in [0.05, 0.1) is 5.92 Å². The number of carboxylic acids is 1. The second-order valence-corrected chi connectivity index (χ2v) is 2.91. The van der Waals surface area contributed by atoms with Gasteiger partial charge in [0.15, 0.2) is 0 Å². The largest absolute Gasteiger partial charge is 0.481 e. The molecule has 0 aliphatic rings. The monoisotopic (exact) mass is 180 g/mol. The van der Waals surface area contributed by atoms with Gasteiger partial charge in [0.25, 0.3) is 0 Å². The predicted molar refractivity (Wildman–Crippen MR) is 51.3 cm³/mol. The number of nitrogens with two attached hydrogens (primary N) is 2. The minimum absolute atomic E-state index is 0.426. The molecule has 0 aliphatic heterocycles. The summed E-state index contributed by atoms with van der Waals surface area (Å²) in [6.45, 7) is 1.56. The van der Waals surface area contributed by atoms with Crippen molar-refractivity contribution in [2.45, 2.75) is 12.8 Å². The number of hydrogen-bond acceptors (Lipinski definition) is 3. The first-order valence-electron chi connectivity index (χ1n) is 3.90. The van der Waals surface area contributed by atoms with Crippen molar-refractivity contribution < 1.29 is 9.90 Å². The molecule has 0 radical (unpaired) electrons. The highest BCUT2D eigenvalue weighted by atomic mass is 16.4. The summed E-state index contributed by atoms with van der Waals surface area (Å²) in [7, 11) is 0. The smallest absolute Gasteiger partial charge is 0.310 e. The molecule has 1 atom stereocenters. The van der Waals surface area contributed by atoms with Gasteiger partial charge in [0, 0.05) is 16.9 Å². The third-order valence-electron chi connectivity index (χ3n) is 1.98. The Balaban J connectivity index is 3.20. The van der Waals surface area contributed by atoms with Gasteiger partial charge in [-0.3, -0.25) is 4.79 Å². The average molecular weight is 180 g/mol. The first-order valence-corrected chi connectivity index (χ1v) is 3.90. The Morgan fingerprint density at radius 1 is 1.38 bits per heavy atom. The molecule has 1 unspecified atom stereocenters. The molecule has 0 aliphatic carbocycles. The fourth-order valence-electron chi connectivity index (χ4n) is 1.23. The van der Waals surface area contributed by atoms with Crippen LogP contribution in [-0.2, 0) is 4.79 Å². The molecule has 0 heterocycles. The Morgan fingerprint density at radius 2 is 1.85 bits per heavy atom. The number of rotatable bonds is 2. The molecule has 1 rings (SSSR count). The molecule has 4 nitrogen and oxygen atoms in total. The Morgan fingerprint density at radius 3 is 2.23 bits per heavy atom. The van der Waals surface area contributed by atoms with E-state index in [-0.39, 0.29) is 0 Å². The lowest BCUT2D eigenvalue weighted by Crippen LogP contribution is -2.12. The van der Waals surface area contributed by atoms with Gasteiger partial charge in [0.2, 0.25) is 0 Å². The van der Waals surface area contributed by atoms with Gasteiger partial charge in [-0.2, -0.15) is 0 Å². The van der Waals surface area contributed by atoms with Crippen LogP contribution in [0.1, 0.15) is 18.4 Å². The van der Waals surface area contributed by atoms with Gasteiger partial charge in [-0.1, -0.05) is 6.07 Å². The summed E-state index contributed by atoms with van der Waals surface area (Å²) in [5.41, 5.74) is 12.6. The van der Waals surface area contributed by atoms with E-state index in [1.54, 1.807) is 25.1 Å². The van der Waals surface area contributed by atoms with Gasteiger partial charge in [-0.15, -0.1) is 0 Å². The van der Waals surface area contributed by atoms with E-state index in [2.05, 4.69) is 0 Å². The van der Waals surface area contributed by atoms with E-state index in [0.29, 0.717) is 16.9 Å². The van der Waals surface area contributed by atoms with Crippen LogP contribution in [0.3, 0.4) is 0 Å². The molecule has 0 bridgehead atoms. The summed E-state index contributed by atoms with van der Waals surface area (Å²) in [6.07, 6.45) is 0. The second kappa shape index (κ2) is 3.35. The van der Waals surface area contributed by atoms with E-state index in [9.17, 15) is 4.79 Å². The van der Waals surface area contributed by atoms with Crippen LogP contribution in [-0.4, -0.2) is 11.1 Å². The van der Waals surface area contributed by atoms with Crippen molar-refractivity contribution >= 4 is 17.3 Å². The summed E-state index contributed by atoms with van der Waals surface area (Å²) >= 11 is 0. The summed E-state index contributed by atoms with van der Waals surface area (Å²) in [5, 5.41) is 8.77. The molecule has 0 aromatic heterocycles. The first-order chi connectivity index (χ1) is 6.04. The predicted octanol–water partition coefficient (Wildman–Crippen LogP) is 1.04. The van der Waals surface area contributed by atoms with Crippen LogP contribution in [0.5, 0.6) is 0 Å². The molecule has 1 aromatic rings. The highest BCUT2D eigenvalue weighted by molar-refractivity contribution is 5.81. The number of carbonyl (C=O) groups is 1. The SMILES string of the molecule is CC(C(=O)O)c1c(N)cccc1N. The van der Waals surface area contributed by atoms with Crippen LogP contribution in [0, 0.1) is 0 Å². The first kappa shape index (κ1) is 9.38. The van der Waals surface area contributed by atoms with E-state index in [0.717, 1.165) is 0 Å². The number of anilines is 2. The molecule has 0 spiro atoms. The van der Waals surface area contributed by atoms with Crippen molar-refractivity contribution in [1.82, 2.24) is 0 Å². The summed E-state index contributed by atoms with van der Waals surface area (Å²) in [6, 6.07) is 4.99. The standard InChI is InChI=1S/C9H12N2O2/c1-5(9(12)13)8-6(10)3-2-4-7(8)11/h2-5H,10-11H2,1H3,(H,12,13). The molecule has 13 heavy (non-hydrogen) atoms. The molecular formula is C9H12N2O2. The van der Waals surface area contributed by atoms with Gasteiger partial charge < -0.3 is 16.6 Å². The molecular weight excluding hydrogens is 168 g/mol. The molecule has 70 valence electrons. The van der Waals surface area contributed by atoms with Crippen molar-refractivity contribution in [1.29, 1.82) is 0 Å². The van der Waals surface area contributed by atoms with Crippen molar-refractivity contribution in [2.75, 3.05) is 11.5 Å². The quantitative estimate of drug-likeness (QED) is 0.593. The zero-order valence-corrected chi connectivity index (χ0v) is 7.32. The Bertz CT molecular complexity index is 316. The Kier molecular flexibility index (Phi) is 2.41. The summed E-state index contributed by atoms with van der Waals surface area (Å²) in [4.78, 5) is 10.7. The summed E-state index contributed by atoms with van der Waals surface area (Å²) in [5.74, 6) is -1.59. The highest BCUT2D eigenvalue weighted by Gasteiger charge is 2.18. The molecule has 5 N–H and O–H groups in total. The minimum Gasteiger partial charge on any atom is -0.481 e. The van der Waals surface area contributed by atoms with Gasteiger partial charge in [-0.25, -0.2) is 0 Å². The molecule has 1 aromatic carbocycles. The third-order valence-corrected chi connectivity index (χ3v) is 1.98. The van der Waals surface area contributed by atoms with Crippen LogP contribution in [0.15, 0.2) is 18.2 Å². The maximum Gasteiger partial charge on any atom is 0.310 e. The van der Waals surface area contributed by atoms with E-state index < -0.39 is 11.9 Å². The fourth-order valence-corrected chi connectivity index (χ4v) is 1.23. The van der Waals surface area contributed by atoms with Crippen LogP contribution in [0.2, 0.25) is 0 Å².